The summed E-state index contributed by atoms with van der Waals surface area (Å²) in [6.07, 6.45) is 6.57. The van der Waals surface area contributed by atoms with E-state index < -0.39 is 6.04 Å². The number of aromatic nitrogens is 1. The first-order valence-corrected chi connectivity index (χ1v) is 12.7. The molecule has 0 bridgehead atoms. The number of carbonyl (C=O) groups excluding carboxylic acids is 1. The van der Waals surface area contributed by atoms with Crippen LogP contribution in [-0.4, -0.2) is 22.6 Å². The molecule has 2 aromatic heterocycles. The first kappa shape index (κ1) is 21.9. The van der Waals surface area contributed by atoms with Crippen molar-refractivity contribution >= 4 is 23.1 Å². The van der Waals surface area contributed by atoms with Gasteiger partial charge in [-0.25, -0.2) is 9.18 Å². The monoisotopic (exact) mass is 487 g/mol. The first-order chi connectivity index (χ1) is 17.1. The molecule has 2 aromatic carbocycles. The van der Waals surface area contributed by atoms with Crippen molar-refractivity contribution in [2.24, 2.45) is 0 Å². The van der Waals surface area contributed by atoms with Crippen LogP contribution in [0.1, 0.15) is 46.1 Å². The predicted molar refractivity (Wildman–Crippen MR) is 136 cm³/mol. The summed E-state index contributed by atoms with van der Waals surface area (Å²) in [4.78, 5) is 17.1. The minimum atomic E-state index is -0.433. The third kappa shape index (κ3) is 3.90. The fourth-order valence-electron chi connectivity index (χ4n) is 5.28. The number of fused-ring (bicyclic) bond motifs is 5. The van der Waals surface area contributed by atoms with Crippen LogP contribution in [0.3, 0.4) is 0 Å². The van der Waals surface area contributed by atoms with Gasteiger partial charge in [0.15, 0.2) is 0 Å². The zero-order valence-electron chi connectivity index (χ0n) is 19.5. The van der Waals surface area contributed by atoms with Crippen molar-refractivity contribution in [3.63, 3.8) is 0 Å². The van der Waals surface area contributed by atoms with Gasteiger partial charge in [-0.2, -0.15) is 0 Å². The fraction of sp³-hybridized carbons (Fsp3) is 0.250. The number of ether oxygens (including phenoxy) is 1. The average molecular weight is 488 g/mol. The maximum Gasteiger partial charge on any atom is 0.322 e. The van der Waals surface area contributed by atoms with Crippen molar-refractivity contribution < 1.29 is 13.9 Å². The molecule has 0 saturated carbocycles. The highest BCUT2D eigenvalue weighted by Gasteiger charge is 2.36. The van der Waals surface area contributed by atoms with Gasteiger partial charge in [0, 0.05) is 22.3 Å². The van der Waals surface area contributed by atoms with Crippen LogP contribution >= 0.6 is 11.3 Å². The molecule has 3 heterocycles. The van der Waals surface area contributed by atoms with Crippen LogP contribution in [0.2, 0.25) is 0 Å². The molecule has 4 aromatic rings. The maximum absolute atomic E-state index is 14.4. The molecule has 7 heteroatoms. The van der Waals surface area contributed by atoms with Crippen molar-refractivity contribution in [2.75, 3.05) is 12.4 Å². The number of rotatable bonds is 3. The number of halogens is 1. The summed E-state index contributed by atoms with van der Waals surface area (Å²) < 4.78 is 21.8. The average Bonchev–Trinajstić information content (AvgIpc) is 3.46. The maximum atomic E-state index is 14.4. The summed E-state index contributed by atoms with van der Waals surface area (Å²) in [5, 5.41) is 4.24. The lowest BCUT2D eigenvalue weighted by Gasteiger charge is -2.31. The van der Waals surface area contributed by atoms with E-state index in [-0.39, 0.29) is 11.8 Å². The molecule has 2 aliphatic rings. The number of carbonyl (C=O) groups is 1. The van der Waals surface area contributed by atoms with Gasteiger partial charge in [-0.3, -0.25) is 0 Å². The Kier molecular flexibility index (Phi) is 5.57. The van der Waals surface area contributed by atoms with E-state index in [1.54, 1.807) is 13.2 Å². The molecule has 178 valence electrons. The molecular formula is C28H26FN3O2S. The van der Waals surface area contributed by atoms with Crippen LogP contribution in [0, 0.1) is 5.82 Å². The lowest BCUT2D eigenvalue weighted by atomic mass is 9.95. The Hall–Kier alpha value is -3.58. The van der Waals surface area contributed by atoms with Gasteiger partial charge in [0.25, 0.3) is 0 Å². The van der Waals surface area contributed by atoms with E-state index >= 15 is 0 Å². The Balaban J connectivity index is 1.47. The molecule has 1 aliphatic carbocycles. The van der Waals surface area contributed by atoms with E-state index in [1.165, 1.54) is 46.0 Å². The van der Waals surface area contributed by atoms with Crippen LogP contribution in [-0.2, 0) is 19.4 Å². The number of hydrogen-bond donors (Lipinski definition) is 1. The highest BCUT2D eigenvalue weighted by Crippen LogP contribution is 2.44. The number of thiophene rings is 1. The Morgan fingerprint density at radius 3 is 2.69 bits per heavy atom. The molecule has 6 rings (SSSR count). The summed E-state index contributed by atoms with van der Waals surface area (Å²) in [6, 6.07) is 17.3. The second kappa shape index (κ2) is 8.89. The molecular weight excluding hydrogens is 461 g/mol. The van der Waals surface area contributed by atoms with Gasteiger partial charge in [0.05, 0.1) is 25.4 Å². The highest BCUT2D eigenvalue weighted by atomic mass is 32.1. The zero-order chi connectivity index (χ0) is 23.9. The summed E-state index contributed by atoms with van der Waals surface area (Å²) >= 11 is 1.84. The number of nitrogens with zero attached hydrogens (tertiary/aromatic N) is 2. The lowest BCUT2D eigenvalue weighted by Crippen LogP contribution is -2.38. The number of methoxy groups -OCH3 is 1. The van der Waals surface area contributed by atoms with E-state index in [4.69, 9.17) is 4.74 Å². The van der Waals surface area contributed by atoms with Gasteiger partial charge >= 0.3 is 6.03 Å². The Bertz CT molecular complexity index is 1390. The molecule has 0 fully saturated rings. The van der Waals surface area contributed by atoms with E-state index in [2.05, 4.69) is 16.1 Å². The Morgan fingerprint density at radius 2 is 1.89 bits per heavy atom. The number of nitrogens with one attached hydrogen (secondary N) is 1. The molecule has 2 amide bonds. The van der Waals surface area contributed by atoms with E-state index in [1.807, 2.05) is 58.7 Å². The van der Waals surface area contributed by atoms with Crippen LogP contribution < -0.4 is 10.1 Å². The topological polar surface area (TPSA) is 46.5 Å². The molecule has 1 aliphatic heterocycles. The largest absolute Gasteiger partial charge is 0.497 e. The number of hydrogen-bond acceptors (Lipinski definition) is 3. The normalized spacial score (nSPS) is 16.6. The van der Waals surface area contributed by atoms with E-state index in [9.17, 15) is 9.18 Å². The van der Waals surface area contributed by atoms with Gasteiger partial charge in [0.2, 0.25) is 0 Å². The van der Waals surface area contributed by atoms with Crippen molar-refractivity contribution in [3.05, 3.63) is 99.9 Å². The van der Waals surface area contributed by atoms with Gasteiger partial charge in [-0.05, 0) is 85.3 Å². The molecule has 1 atom stereocenters. The molecule has 1 N–H and O–H groups in total. The summed E-state index contributed by atoms with van der Waals surface area (Å²) in [5.74, 6) is 0.412. The molecule has 0 spiro atoms. The first-order valence-electron chi connectivity index (χ1n) is 11.9. The minimum Gasteiger partial charge on any atom is -0.497 e. The van der Waals surface area contributed by atoms with Gasteiger partial charge in [0.1, 0.15) is 16.6 Å². The zero-order valence-corrected chi connectivity index (χ0v) is 20.3. The Labute approximate surface area is 207 Å². The molecule has 35 heavy (non-hydrogen) atoms. The number of urea groups is 1. The van der Waals surface area contributed by atoms with Crippen molar-refractivity contribution in [3.8, 4) is 10.8 Å². The number of anilines is 1. The predicted octanol–water partition coefficient (Wildman–Crippen LogP) is 6.70. The third-order valence-electron chi connectivity index (χ3n) is 6.95. The standard InChI is InChI=1S/C28H26FN3O2S/c1-34-21-13-11-20(12-14-21)30-28(33)32-17-23-22-8-2-3-10-25(22)35-27(23)31-15-5-9-24(31)26(32)18-6-4-7-19(29)16-18/h4-7,9,11-16,26H,2-3,8,10,17H2,1H3,(H,30,33). The smallest absolute Gasteiger partial charge is 0.322 e. The summed E-state index contributed by atoms with van der Waals surface area (Å²) in [6.45, 7) is 0.464. The van der Waals surface area contributed by atoms with Crippen molar-refractivity contribution in [1.82, 2.24) is 9.47 Å². The second-order valence-electron chi connectivity index (χ2n) is 9.04. The molecule has 0 saturated heterocycles. The van der Waals surface area contributed by atoms with Gasteiger partial charge in [-0.15, -0.1) is 11.3 Å². The molecule has 1 unspecified atom stereocenters. The highest BCUT2D eigenvalue weighted by molar-refractivity contribution is 7.15. The summed E-state index contributed by atoms with van der Waals surface area (Å²) in [7, 11) is 1.61. The van der Waals surface area contributed by atoms with Gasteiger partial charge in [-0.1, -0.05) is 12.1 Å². The van der Waals surface area contributed by atoms with Crippen LogP contribution in [0.4, 0.5) is 14.9 Å². The summed E-state index contributed by atoms with van der Waals surface area (Å²) in [5.41, 5.74) is 4.99. The quantitative estimate of drug-likeness (QED) is 0.349. The molecule has 5 nitrogen and oxygen atoms in total. The van der Waals surface area contributed by atoms with E-state index in [0.29, 0.717) is 12.2 Å². The van der Waals surface area contributed by atoms with Crippen LogP contribution in [0.25, 0.3) is 5.00 Å². The van der Waals surface area contributed by atoms with Crippen LogP contribution in [0.5, 0.6) is 5.75 Å². The molecule has 0 radical (unpaired) electrons. The van der Waals surface area contributed by atoms with Gasteiger partial charge < -0.3 is 19.5 Å². The number of amides is 2. The third-order valence-corrected chi connectivity index (χ3v) is 8.28. The minimum absolute atomic E-state index is 0.221. The van der Waals surface area contributed by atoms with Crippen molar-refractivity contribution in [2.45, 2.75) is 38.3 Å². The Morgan fingerprint density at radius 1 is 1.06 bits per heavy atom. The SMILES string of the molecule is COc1ccc(NC(=O)N2Cc3c(sc4c3CCCC4)-n3cccc3C2c2cccc(F)c2)cc1. The number of aryl methyl sites for hydroxylation is 1. The number of benzene rings is 2. The van der Waals surface area contributed by atoms with E-state index in [0.717, 1.165) is 29.8 Å². The lowest BCUT2D eigenvalue weighted by molar-refractivity contribution is 0.194. The van der Waals surface area contributed by atoms with Crippen LogP contribution in [0.15, 0.2) is 66.9 Å². The second-order valence-corrected chi connectivity index (χ2v) is 10.1. The fourth-order valence-corrected chi connectivity index (χ4v) is 6.69. The van der Waals surface area contributed by atoms with Crippen molar-refractivity contribution in [1.29, 1.82) is 0 Å².